The number of nitrogens with zero attached hydrogens (tertiary/aromatic N) is 1. The highest BCUT2D eigenvalue weighted by molar-refractivity contribution is 5.64. The van der Waals surface area contributed by atoms with Gasteiger partial charge in [0.05, 0.1) is 7.11 Å². The number of rotatable bonds is 4. The lowest BCUT2D eigenvalue weighted by Gasteiger charge is -2.25. The molecule has 21 heavy (non-hydrogen) atoms. The van der Waals surface area contributed by atoms with Gasteiger partial charge in [-0.15, -0.1) is 0 Å². The lowest BCUT2D eigenvalue weighted by molar-refractivity contribution is 0.161. The van der Waals surface area contributed by atoms with E-state index in [1.54, 1.807) is 13.2 Å². The van der Waals surface area contributed by atoms with Gasteiger partial charge >= 0.3 is 0 Å². The molecule has 0 bridgehead atoms. The van der Waals surface area contributed by atoms with E-state index in [0.29, 0.717) is 23.1 Å². The van der Waals surface area contributed by atoms with Crippen LogP contribution in [0, 0.1) is 0 Å². The molecule has 1 fully saturated rings. The van der Waals surface area contributed by atoms with Crippen molar-refractivity contribution in [3.05, 3.63) is 24.3 Å². The number of aromatic nitrogens is 1. The van der Waals surface area contributed by atoms with Gasteiger partial charge in [0, 0.05) is 18.2 Å². The first-order valence-corrected chi connectivity index (χ1v) is 7.04. The Morgan fingerprint density at radius 3 is 2.90 bits per heavy atom. The van der Waals surface area contributed by atoms with Crippen LogP contribution >= 0.6 is 0 Å². The molecular formula is C15H19N3O3. The van der Waals surface area contributed by atoms with E-state index in [1.807, 2.05) is 18.2 Å². The standard InChI is InChI=1S/C15H19N3O3/c1-19-12-5-4-10(13-8-15(16)18-21-13)7-14(12)20-11-3-2-6-17-9-11/h4-5,7-8,11,17H,2-3,6,9H2,1H3,(H2,16,18). The average molecular weight is 289 g/mol. The van der Waals surface area contributed by atoms with Gasteiger partial charge in [-0.1, -0.05) is 5.16 Å². The Balaban J connectivity index is 1.86. The Hall–Kier alpha value is -2.21. The van der Waals surface area contributed by atoms with Crippen molar-refractivity contribution < 1.29 is 14.0 Å². The molecule has 1 aliphatic heterocycles. The minimum atomic E-state index is 0.155. The summed E-state index contributed by atoms with van der Waals surface area (Å²) < 4.78 is 16.6. The van der Waals surface area contributed by atoms with Gasteiger partial charge in [0.25, 0.3) is 0 Å². The number of piperidine rings is 1. The van der Waals surface area contributed by atoms with Gasteiger partial charge in [0.1, 0.15) is 6.10 Å². The van der Waals surface area contributed by atoms with E-state index in [4.69, 9.17) is 19.7 Å². The summed E-state index contributed by atoms with van der Waals surface area (Å²) in [4.78, 5) is 0. The van der Waals surface area contributed by atoms with Crippen molar-refractivity contribution in [3.63, 3.8) is 0 Å². The van der Waals surface area contributed by atoms with Crippen molar-refractivity contribution in [2.75, 3.05) is 25.9 Å². The minimum absolute atomic E-state index is 0.155. The zero-order valence-electron chi connectivity index (χ0n) is 12.0. The second-order valence-electron chi connectivity index (χ2n) is 5.07. The van der Waals surface area contributed by atoms with E-state index in [-0.39, 0.29) is 6.10 Å². The maximum Gasteiger partial charge on any atom is 0.169 e. The Morgan fingerprint density at radius 2 is 2.24 bits per heavy atom. The van der Waals surface area contributed by atoms with Gasteiger partial charge in [-0.25, -0.2) is 0 Å². The van der Waals surface area contributed by atoms with Gasteiger partial charge < -0.3 is 25.0 Å². The van der Waals surface area contributed by atoms with Crippen LogP contribution in [0.5, 0.6) is 11.5 Å². The van der Waals surface area contributed by atoms with Crippen LogP contribution in [0.1, 0.15) is 12.8 Å². The molecule has 0 amide bonds. The summed E-state index contributed by atoms with van der Waals surface area (Å²) in [6.07, 6.45) is 2.31. The van der Waals surface area contributed by atoms with Gasteiger partial charge in [-0.2, -0.15) is 0 Å². The zero-order chi connectivity index (χ0) is 14.7. The van der Waals surface area contributed by atoms with E-state index in [0.717, 1.165) is 31.5 Å². The van der Waals surface area contributed by atoms with E-state index >= 15 is 0 Å². The predicted octanol–water partition coefficient (Wildman–Crippen LogP) is 2.06. The lowest BCUT2D eigenvalue weighted by Crippen LogP contribution is -2.37. The van der Waals surface area contributed by atoms with Gasteiger partial charge in [-0.3, -0.25) is 0 Å². The summed E-state index contributed by atoms with van der Waals surface area (Å²) in [5.74, 6) is 2.39. The quantitative estimate of drug-likeness (QED) is 0.896. The number of hydrogen-bond acceptors (Lipinski definition) is 6. The molecule has 1 saturated heterocycles. The molecule has 2 heterocycles. The number of nitrogens with one attached hydrogen (secondary N) is 1. The highest BCUT2D eigenvalue weighted by Crippen LogP contribution is 2.34. The van der Waals surface area contributed by atoms with Gasteiger partial charge in [0.15, 0.2) is 23.1 Å². The van der Waals surface area contributed by atoms with Crippen LogP contribution in [0.25, 0.3) is 11.3 Å². The van der Waals surface area contributed by atoms with E-state index in [1.165, 1.54) is 0 Å². The molecule has 3 rings (SSSR count). The number of benzene rings is 1. The summed E-state index contributed by atoms with van der Waals surface area (Å²) >= 11 is 0. The van der Waals surface area contributed by atoms with Crippen LogP contribution < -0.4 is 20.5 Å². The van der Waals surface area contributed by atoms with Crippen LogP contribution in [-0.4, -0.2) is 31.5 Å². The molecule has 0 radical (unpaired) electrons. The number of methoxy groups -OCH3 is 1. The van der Waals surface area contributed by atoms with Crippen LogP contribution in [0.15, 0.2) is 28.8 Å². The first-order valence-electron chi connectivity index (χ1n) is 7.04. The Labute approximate surface area is 123 Å². The minimum Gasteiger partial charge on any atom is -0.493 e. The molecule has 0 saturated carbocycles. The zero-order valence-corrected chi connectivity index (χ0v) is 12.0. The third-order valence-corrected chi connectivity index (χ3v) is 3.52. The maximum absolute atomic E-state index is 6.07. The van der Waals surface area contributed by atoms with Crippen LogP contribution in [-0.2, 0) is 0 Å². The van der Waals surface area contributed by atoms with Crippen molar-refractivity contribution in [1.82, 2.24) is 10.5 Å². The van der Waals surface area contributed by atoms with E-state index < -0.39 is 0 Å². The first-order chi connectivity index (χ1) is 10.3. The third-order valence-electron chi connectivity index (χ3n) is 3.52. The Bertz CT molecular complexity index is 606. The number of anilines is 1. The SMILES string of the molecule is COc1ccc(-c2cc(N)no2)cc1OC1CCCNC1. The fourth-order valence-electron chi connectivity index (χ4n) is 2.45. The van der Waals surface area contributed by atoms with Crippen molar-refractivity contribution in [2.24, 2.45) is 0 Å². The smallest absolute Gasteiger partial charge is 0.169 e. The second kappa shape index (κ2) is 6.05. The molecular weight excluding hydrogens is 270 g/mol. The largest absolute Gasteiger partial charge is 0.493 e. The lowest BCUT2D eigenvalue weighted by atomic mass is 10.1. The fourth-order valence-corrected chi connectivity index (χ4v) is 2.45. The maximum atomic E-state index is 6.07. The molecule has 1 unspecified atom stereocenters. The molecule has 3 N–H and O–H groups in total. The summed E-state index contributed by atoms with van der Waals surface area (Å²) in [5.41, 5.74) is 6.45. The molecule has 6 heteroatoms. The molecule has 1 aromatic heterocycles. The van der Waals surface area contributed by atoms with Crippen molar-refractivity contribution >= 4 is 5.82 Å². The monoisotopic (exact) mass is 289 g/mol. The summed E-state index contributed by atoms with van der Waals surface area (Å²) in [6, 6.07) is 7.34. The number of nitrogen functional groups attached to an aromatic ring is 1. The van der Waals surface area contributed by atoms with Crippen LogP contribution in [0.4, 0.5) is 5.82 Å². The average Bonchev–Trinajstić information content (AvgIpc) is 2.95. The van der Waals surface area contributed by atoms with Gasteiger partial charge in [-0.05, 0) is 37.6 Å². The number of nitrogens with two attached hydrogens (primary N) is 1. The summed E-state index contributed by atoms with van der Waals surface area (Å²) in [6.45, 7) is 1.90. The molecule has 112 valence electrons. The van der Waals surface area contributed by atoms with Crippen LogP contribution in [0.2, 0.25) is 0 Å². The van der Waals surface area contributed by atoms with E-state index in [9.17, 15) is 0 Å². The predicted molar refractivity (Wildman–Crippen MR) is 79.4 cm³/mol. The Morgan fingerprint density at radius 1 is 1.33 bits per heavy atom. The van der Waals surface area contributed by atoms with Crippen molar-refractivity contribution in [2.45, 2.75) is 18.9 Å². The normalized spacial score (nSPS) is 18.4. The molecule has 1 aliphatic rings. The molecule has 0 aliphatic carbocycles. The summed E-state index contributed by atoms with van der Waals surface area (Å²) in [5, 5.41) is 7.03. The molecule has 6 nitrogen and oxygen atoms in total. The summed E-state index contributed by atoms with van der Waals surface area (Å²) in [7, 11) is 1.63. The van der Waals surface area contributed by atoms with Crippen molar-refractivity contribution in [3.8, 4) is 22.8 Å². The Kier molecular flexibility index (Phi) is 3.96. The molecule has 0 spiro atoms. The molecule has 1 atom stereocenters. The van der Waals surface area contributed by atoms with Crippen LogP contribution in [0.3, 0.4) is 0 Å². The number of ether oxygens (including phenoxy) is 2. The fraction of sp³-hybridized carbons (Fsp3) is 0.400. The molecule has 1 aromatic carbocycles. The number of hydrogen-bond donors (Lipinski definition) is 2. The first kappa shape index (κ1) is 13.8. The third kappa shape index (κ3) is 3.11. The highest BCUT2D eigenvalue weighted by atomic mass is 16.5. The molecule has 2 aromatic rings. The van der Waals surface area contributed by atoms with Gasteiger partial charge in [0.2, 0.25) is 0 Å². The van der Waals surface area contributed by atoms with Crippen molar-refractivity contribution in [1.29, 1.82) is 0 Å². The topological polar surface area (TPSA) is 82.5 Å². The highest BCUT2D eigenvalue weighted by Gasteiger charge is 2.18. The second-order valence-corrected chi connectivity index (χ2v) is 5.07. The van der Waals surface area contributed by atoms with E-state index in [2.05, 4.69) is 10.5 Å².